The number of methoxy groups -OCH3 is 1. The summed E-state index contributed by atoms with van der Waals surface area (Å²) in [5, 5.41) is 0.385. The Hall–Kier alpha value is -0.780. The van der Waals surface area contributed by atoms with E-state index in [-0.39, 0.29) is 0 Å². The summed E-state index contributed by atoms with van der Waals surface area (Å²) < 4.78 is 12.5. The molecule has 2 rings (SSSR count). The van der Waals surface area contributed by atoms with Crippen LogP contribution in [0, 0.1) is 0 Å². The number of nitrogens with zero attached hydrogens (tertiary/aromatic N) is 1. The van der Waals surface area contributed by atoms with Crippen molar-refractivity contribution in [3.8, 4) is 17.2 Å². The van der Waals surface area contributed by atoms with Crippen molar-refractivity contribution in [3.63, 3.8) is 0 Å². The lowest BCUT2D eigenvalue weighted by Crippen LogP contribution is -1.89. The van der Waals surface area contributed by atoms with Crippen LogP contribution in [-0.2, 0) is 0 Å². The van der Waals surface area contributed by atoms with E-state index in [1.807, 2.05) is 12.1 Å². The van der Waals surface area contributed by atoms with Crippen LogP contribution in [0.4, 0.5) is 0 Å². The molecule has 0 saturated carbocycles. The predicted molar refractivity (Wildman–Crippen MR) is 77.7 cm³/mol. The van der Waals surface area contributed by atoms with Gasteiger partial charge < -0.3 is 9.47 Å². The lowest BCUT2D eigenvalue weighted by atomic mass is 10.3. The summed E-state index contributed by atoms with van der Waals surface area (Å²) in [4.78, 5) is 3.89. The summed E-state index contributed by atoms with van der Waals surface area (Å²) in [5.41, 5.74) is 0. The van der Waals surface area contributed by atoms with Crippen LogP contribution in [0.1, 0.15) is 0 Å². The van der Waals surface area contributed by atoms with Gasteiger partial charge in [-0.15, -0.1) is 0 Å². The van der Waals surface area contributed by atoms with E-state index in [4.69, 9.17) is 21.1 Å². The first-order chi connectivity index (χ1) is 8.60. The Morgan fingerprint density at radius 1 is 1.11 bits per heavy atom. The summed E-state index contributed by atoms with van der Waals surface area (Å²) >= 11 is 12.6. The Morgan fingerprint density at radius 2 is 1.78 bits per heavy atom. The fourth-order valence-corrected chi connectivity index (χ4v) is 2.37. The zero-order chi connectivity index (χ0) is 13.1. The third kappa shape index (κ3) is 3.16. The van der Waals surface area contributed by atoms with Crippen molar-refractivity contribution in [2.24, 2.45) is 0 Å². The number of rotatable bonds is 3. The highest BCUT2D eigenvalue weighted by Gasteiger charge is 2.09. The molecule has 18 heavy (non-hydrogen) atoms. The van der Waals surface area contributed by atoms with E-state index in [2.05, 4.69) is 36.8 Å². The molecule has 0 amide bonds. The SMILES string of the molecule is COc1cc(Br)c(Oc2ccnc(Cl)c2)cc1Br. The quantitative estimate of drug-likeness (QED) is 0.683. The normalized spacial score (nSPS) is 10.2. The molecule has 0 radical (unpaired) electrons. The van der Waals surface area contributed by atoms with Gasteiger partial charge in [0.2, 0.25) is 0 Å². The average molecular weight is 393 g/mol. The van der Waals surface area contributed by atoms with E-state index >= 15 is 0 Å². The van der Waals surface area contributed by atoms with Gasteiger partial charge in [0.15, 0.2) is 0 Å². The molecular weight excluding hydrogens is 385 g/mol. The molecule has 0 bridgehead atoms. The smallest absolute Gasteiger partial charge is 0.143 e. The van der Waals surface area contributed by atoms with E-state index in [0.717, 1.165) is 14.7 Å². The van der Waals surface area contributed by atoms with E-state index in [0.29, 0.717) is 16.7 Å². The highest BCUT2D eigenvalue weighted by Crippen LogP contribution is 2.38. The first-order valence-corrected chi connectivity index (χ1v) is 6.89. The maximum atomic E-state index is 5.80. The van der Waals surface area contributed by atoms with Crippen molar-refractivity contribution in [2.45, 2.75) is 0 Å². The van der Waals surface area contributed by atoms with E-state index in [1.165, 1.54) is 0 Å². The van der Waals surface area contributed by atoms with Crippen LogP contribution in [0.15, 0.2) is 39.4 Å². The van der Waals surface area contributed by atoms with Gasteiger partial charge in [0, 0.05) is 12.3 Å². The topological polar surface area (TPSA) is 31.4 Å². The van der Waals surface area contributed by atoms with Crippen molar-refractivity contribution >= 4 is 43.5 Å². The van der Waals surface area contributed by atoms with Gasteiger partial charge in [0.25, 0.3) is 0 Å². The maximum Gasteiger partial charge on any atom is 0.143 e. The van der Waals surface area contributed by atoms with E-state index in [1.54, 1.807) is 25.4 Å². The first kappa shape index (κ1) is 13.6. The van der Waals surface area contributed by atoms with Crippen LogP contribution < -0.4 is 9.47 Å². The first-order valence-electron chi connectivity index (χ1n) is 4.92. The van der Waals surface area contributed by atoms with E-state index in [9.17, 15) is 0 Å². The number of hydrogen-bond acceptors (Lipinski definition) is 3. The van der Waals surface area contributed by atoms with Crippen LogP contribution in [0.25, 0.3) is 0 Å². The van der Waals surface area contributed by atoms with Crippen LogP contribution >= 0.6 is 43.5 Å². The monoisotopic (exact) mass is 391 g/mol. The minimum atomic E-state index is 0.385. The van der Waals surface area contributed by atoms with Gasteiger partial charge in [-0.2, -0.15) is 0 Å². The lowest BCUT2D eigenvalue weighted by molar-refractivity contribution is 0.409. The van der Waals surface area contributed by atoms with Crippen LogP contribution in [0.3, 0.4) is 0 Å². The van der Waals surface area contributed by atoms with Crippen molar-refractivity contribution in [1.82, 2.24) is 4.98 Å². The molecule has 1 aromatic heterocycles. The number of benzene rings is 1. The predicted octanol–water partition coefficient (Wildman–Crippen LogP) is 5.06. The molecule has 0 unspecified atom stereocenters. The molecule has 0 spiro atoms. The number of hydrogen-bond donors (Lipinski definition) is 0. The molecule has 0 aliphatic heterocycles. The number of pyridine rings is 1. The lowest BCUT2D eigenvalue weighted by Gasteiger charge is -2.10. The summed E-state index contributed by atoms with van der Waals surface area (Å²) in [6, 6.07) is 7.02. The van der Waals surface area contributed by atoms with E-state index < -0.39 is 0 Å². The van der Waals surface area contributed by atoms with Gasteiger partial charge in [0.05, 0.1) is 16.1 Å². The number of halogens is 3. The second kappa shape index (κ2) is 5.91. The minimum absolute atomic E-state index is 0.385. The number of aromatic nitrogens is 1. The van der Waals surface area contributed by atoms with Crippen molar-refractivity contribution < 1.29 is 9.47 Å². The maximum absolute atomic E-state index is 5.80. The molecule has 0 fully saturated rings. The van der Waals surface area contributed by atoms with Gasteiger partial charge in [-0.05, 0) is 50.1 Å². The fourth-order valence-electron chi connectivity index (χ4n) is 1.32. The summed E-state index contributed by atoms with van der Waals surface area (Å²) in [7, 11) is 1.61. The molecule has 0 atom stereocenters. The second-order valence-corrected chi connectivity index (χ2v) is 5.43. The van der Waals surface area contributed by atoms with Crippen molar-refractivity contribution in [3.05, 3.63) is 44.6 Å². The van der Waals surface area contributed by atoms with Gasteiger partial charge in [-0.1, -0.05) is 11.6 Å². The molecule has 1 heterocycles. The Kier molecular flexibility index (Phi) is 4.48. The standard InChI is InChI=1S/C12H8Br2ClNO2/c1-17-10-5-9(14)11(6-8(10)13)18-7-2-3-16-12(15)4-7/h2-6H,1H3. The largest absolute Gasteiger partial charge is 0.496 e. The zero-order valence-electron chi connectivity index (χ0n) is 9.28. The Bertz CT molecular complexity index is 578. The van der Waals surface area contributed by atoms with Gasteiger partial charge >= 0.3 is 0 Å². The molecule has 94 valence electrons. The summed E-state index contributed by atoms with van der Waals surface area (Å²) in [6.07, 6.45) is 1.59. The highest BCUT2D eigenvalue weighted by atomic mass is 79.9. The average Bonchev–Trinajstić information content (AvgIpc) is 2.33. The number of ether oxygens (including phenoxy) is 2. The second-order valence-electron chi connectivity index (χ2n) is 3.33. The summed E-state index contributed by atoms with van der Waals surface area (Å²) in [6.45, 7) is 0. The third-order valence-corrected chi connectivity index (χ3v) is 3.58. The molecule has 0 aliphatic carbocycles. The van der Waals surface area contributed by atoms with Gasteiger partial charge in [-0.3, -0.25) is 0 Å². The Labute approximate surface area is 126 Å². The highest BCUT2D eigenvalue weighted by molar-refractivity contribution is 9.11. The van der Waals surface area contributed by atoms with Crippen LogP contribution in [-0.4, -0.2) is 12.1 Å². The van der Waals surface area contributed by atoms with Crippen LogP contribution in [0.5, 0.6) is 17.2 Å². The Morgan fingerprint density at radius 3 is 2.44 bits per heavy atom. The Balaban J connectivity index is 2.32. The zero-order valence-corrected chi connectivity index (χ0v) is 13.2. The molecular formula is C12H8Br2ClNO2. The van der Waals surface area contributed by atoms with Gasteiger partial charge in [0.1, 0.15) is 22.4 Å². The molecule has 3 nitrogen and oxygen atoms in total. The molecule has 1 aromatic carbocycles. The summed E-state index contributed by atoms with van der Waals surface area (Å²) in [5.74, 6) is 2.00. The molecule has 2 aromatic rings. The molecule has 6 heteroatoms. The minimum Gasteiger partial charge on any atom is -0.496 e. The molecule has 0 saturated heterocycles. The van der Waals surface area contributed by atoms with Crippen molar-refractivity contribution in [1.29, 1.82) is 0 Å². The molecule has 0 aliphatic rings. The van der Waals surface area contributed by atoms with Crippen LogP contribution in [0.2, 0.25) is 5.15 Å². The van der Waals surface area contributed by atoms with Crippen molar-refractivity contribution in [2.75, 3.05) is 7.11 Å². The third-order valence-electron chi connectivity index (χ3n) is 2.13. The van der Waals surface area contributed by atoms with Gasteiger partial charge in [-0.25, -0.2) is 4.98 Å². The fraction of sp³-hybridized carbons (Fsp3) is 0.0833. The molecule has 0 N–H and O–H groups in total.